The van der Waals surface area contributed by atoms with Gasteiger partial charge in [-0.25, -0.2) is 4.79 Å². The average Bonchev–Trinajstić information content (AvgIpc) is 2.62. The summed E-state index contributed by atoms with van der Waals surface area (Å²) in [6, 6.07) is 5.69. The quantitative estimate of drug-likeness (QED) is 0.708. The third kappa shape index (κ3) is 6.45. The van der Waals surface area contributed by atoms with E-state index in [4.69, 9.17) is 0 Å². The second-order valence-corrected chi connectivity index (χ2v) is 7.34. The van der Waals surface area contributed by atoms with Crippen molar-refractivity contribution in [1.29, 1.82) is 0 Å². The maximum Gasteiger partial charge on any atom is 0.321 e. The second-order valence-electron chi connectivity index (χ2n) is 7.34. The van der Waals surface area contributed by atoms with Gasteiger partial charge in [-0.15, -0.1) is 0 Å². The van der Waals surface area contributed by atoms with Gasteiger partial charge in [-0.1, -0.05) is 20.8 Å². The summed E-state index contributed by atoms with van der Waals surface area (Å²) in [5.74, 6) is 0.283. The summed E-state index contributed by atoms with van der Waals surface area (Å²) in [5, 5.41) is 2.89. The molecule has 0 aliphatic heterocycles. The van der Waals surface area contributed by atoms with E-state index in [1.165, 1.54) is 4.90 Å². The van der Waals surface area contributed by atoms with E-state index in [1.54, 1.807) is 14.1 Å². The van der Waals surface area contributed by atoms with Gasteiger partial charge in [0.05, 0.1) is 0 Å². The van der Waals surface area contributed by atoms with Crippen LogP contribution in [0.15, 0.2) is 18.2 Å². The molecular weight excluding hydrogens is 340 g/mol. The molecule has 1 aromatic rings. The molecule has 0 bridgehead atoms. The molecule has 0 aromatic heterocycles. The largest absolute Gasteiger partial charge is 0.377 e. The lowest BCUT2D eigenvalue weighted by Crippen LogP contribution is -2.36. The highest BCUT2D eigenvalue weighted by Gasteiger charge is 2.22. The van der Waals surface area contributed by atoms with Crippen LogP contribution in [0.2, 0.25) is 0 Å². The van der Waals surface area contributed by atoms with Crippen molar-refractivity contribution < 1.29 is 9.59 Å². The molecule has 0 spiro atoms. The number of benzene rings is 1. The van der Waals surface area contributed by atoms with E-state index in [0.29, 0.717) is 6.54 Å². The Balaban J connectivity index is 3.17. The number of rotatable bonds is 9. The highest BCUT2D eigenvalue weighted by molar-refractivity contribution is 5.89. The number of hydrogen-bond acceptors (Lipinski definition) is 3. The first kappa shape index (κ1) is 22.8. The van der Waals surface area contributed by atoms with E-state index in [0.717, 1.165) is 42.7 Å². The number of nitrogens with one attached hydrogen (secondary N) is 1. The van der Waals surface area contributed by atoms with Gasteiger partial charge in [0.2, 0.25) is 5.91 Å². The van der Waals surface area contributed by atoms with Gasteiger partial charge in [-0.3, -0.25) is 4.79 Å². The highest BCUT2D eigenvalue weighted by Crippen LogP contribution is 2.26. The fourth-order valence-corrected chi connectivity index (χ4v) is 3.10. The average molecular weight is 377 g/mol. The first-order chi connectivity index (χ1) is 12.7. The molecule has 0 saturated heterocycles. The van der Waals surface area contributed by atoms with Crippen LogP contribution in [0.25, 0.3) is 0 Å². The molecule has 1 aromatic carbocycles. The van der Waals surface area contributed by atoms with E-state index in [9.17, 15) is 9.59 Å². The zero-order valence-electron chi connectivity index (χ0n) is 18.0. The van der Waals surface area contributed by atoms with Crippen molar-refractivity contribution >= 4 is 23.3 Å². The van der Waals surface area contributed by atoms with Crippen LogP contribution in [0.5, 0.6) is 0 Å². The van der Waals surface area contributed by atoms with Gasteiger partial charge in [0.25, 0.3) is 0 Å². The van der Waals surface area contributed by atoms with Crippen LogP contribution >= 0.6 is 0 Å². The lowest BCUT2D eigenvalue weighted by molar-refractivity contribution is -0.136. The normalized spacial score (nSPS) is 10.7. The van der Waals surface area contributed by atoms with Crippen LogP contribution in [0.3, 0.4) is 0 Å². The van der Waals surface area contributed by atoms with Gasteiger partial charge >= 0.3 is 6.03 Å². The predicted octanol–water partition coefficient (Wildman–Crippen LogP) is 4.02. The summed E-state index contributed by atoms with van der Waals surface area (Å²) in [6.45, 7) is 7.50. The lowest BCUT2D eigenvalue weighted by atomic mass is 10.0. The minimum absolute atomic E-state index is 0.0657. The number of urea groups is 1. The molecule has 6 heteroatoms. The van der Waals surface area contributed by atoms with Crippen LogP contribution in [0.4, 0.5) is 16.2 Å². The highest BCUT2D eigenvalue weighted by atomic mass is 16.2. The number of hydrogen-bond donors (Lipinski definition) is 1. The molecule has 0 heterocycles. The molecule has 27 heavy (non-hydrogen) atoms. The van der Waals surface area contributed by atoms with Crippen molar-refractivity contribution in [2.45, 2.75) is 46.6 Å². The van der Waals surface area contributed by atoms with Gasteiger partial charge in [-0.2, -0.15) is 0 Å². The SMILES string of the molecule is CCCN(Cc1cc(NC(=O)N(C)C)ccc1N(C)C)C(=O)C(CC)CC. The van der Waals surface area contributed by atoms with Crippen LogP contribution in [-0.2, 0) is 11.3 Å². The Morgan fingerprint density at radius 3 is 2.15 bits per heavy atom. The Labute approximate surface area is 164 Å². The maximum absolute atomic E-state index is 13.0. The Bertz CT molecular complexity index is 625. The molecule has 1 rings (SSSR count). The Morgan fingerprint density at radius 2 is 1.67 bits per heavy atom. The fraction of sp³-hybridized carbons (Fsp3) is 0.619. The first-order valence-electron chi connectivity index (χ1n) is 9.82. The van der Waals surface area contributed by atoms with E-state index >= 15 is 0 Å². The fourth-order valence-electron chi connectivity index (χ4n) is 3.10. The van der Waals surface area contributed by atoms with Crippen molar-refractivity contribution in [2.75, 3.05) is 45.0 Å². The van der Waals surface area contributed by atoms with E-state index < -0.39 is 0 Å². The van der Waals surface area contributed by atoms with E-state index in [2.05, 4.69) is 26.1 Å². The topological polar surface area (TPSA) is 55.9 Å². The Kier molecular flexibility index (Phi) is 9.12. The van der Waals surface area contributed by atoms with Gasteiger partial charge in [0, 0.05) is 58.6 Å². The number of carbonyl (C=O) groups is 2. The van der Waals surface area contributed by atoms with Gasteiger partial charge in [0.15, 0.2) is 0 Å². The Morgan fingerprint density at radius 1 is 1.04 bits per heavy atom. The molecule has 1 N–H and O–H groups in total. The zero-order valence-corrected chi connectivity index (χ0v) is 18.0. The third-order valence-corrected chi connectivity index (χ3v) is 4.72. The van der Waals surface area contributed by atoms with E-state index in [-0.39, 0.29) is 17.9 Å². The summed E-state index contributed by atoms with van der Waals surface area (Å²) < 4.78 is 0. The first-order valence-corrected chi connectivity index (χ1v) is 9.82. The van der Waals surface area contributed by atoms with Crippen LogP contribution in [0, 0.1) is 5.92 Å². The van der Waals surface area contributed by atoms with Gasteiger partial charge in [0.1, 0.15) is 0 Å². The van der Waals surface area contributed by atoms with Crippen molar-refractivity contribution in [1.82, 2.24) is 9.80 Å². The smallest absolute Gasteiger partial charge is 0.321 e. The molecule has 0 saturated carbocycles. The van der Waals surface area contributed by atoms with Crippen molar-refractivity contribution in [2.24, 2.45) is 5.92 Å². The van der Waals surface area contributed by atoms with Crippen molar-refractivity contribution in [3.05, 3.63) is 23.8 Å². The predicted molar refractivity (Wildman–Crippen MR) is 113 cm³/mol. The summed E-state index contributed by atoms with van der Waals surface area (Å²) in [5.41, 5.74) is 2.82. The van der Waals surface area contributed by atoms with Crippen LogP contribution < -0.4 is 10.2 Å². The molecule has 0 aliphatic rings. The number of carbonyl (C=O) groups excluding carboxylic acids is 2. The lowest BCUT2D eigenvalue weighted by Gasteiger charge is -2.28. The summed E-state index contributed by atoms with van der Waals surface area (Å²) in [4.78, 5) is 30.4. The molecule has 0 radical (unpaired) electrons. The van der Waals surface area contributed by atoms with E-state index in [1.807, 2.05) is 42.1 Å². The molecule has 0 unspecified atom stereocenters. The second kappa shape index (κ2) is 10.8. The third-order valence-electron chi connectivity index (χ3n) is 4.72. The minimum atomic E-state index is -0.169. The molecule has 152 valence electrons. The van der Waals surface area contributed by atoms with Crippen molar-refractivity contribution in [3.8, 4) is 0 Å². The monoisotopic (exact) mass is 376 g/mol. The molecule has 0 aliphatic carbocycles. The summed E-state index contributed by atoms with van der Waals surface area (Å²) in [6.07, 6.45) is 2.63. The van der Waals surface area contributed by atoms with Crippen LogP contribution in [-0.4, -0.2) is 56.5 Å². The Hall–Kier alpha value is -2.24. The minimum Gasteiger partial charge on any atom is -0.377 e. The van der Waals surface area contributed by atoms with Crippen molar-refractivity contribution in [3.63, 3.8) is 0 Å². The molecular formula is C21H36N4O2. The zero-order chi connectivity index (χ0) is 20.6. The molecule has 0 fully saturated rings. The molecule has 0 atom stereocenters. The standard InChI is InChI=1S/C21H36N4O2/c1-8-13-25(20(26)16(9-2)10-3)15-17-14-18(22-21(27)24(6)7)11-12-19(17)23(4)5/h11-12,14,16H,8-10,13,15H2,1-7H3,(H,22,27). The number of nitrogens with zero attached hydrogens (tertiary/aromatic N) is 3. The maximum atomic E-state index is 13.0. The van der Waals surface area contributed by atoms with Gasteiger partial charge in [-0.05, 0) is 43.0 Å². The van der Waals surface area contributed by atoms with Gasteiger partial charge < -0.3 is 20.0 Å². The molecule has 3 amide bonds. The number of amides is 3. The molecule has 6 nitrogen and oxygen atoms in total. The summed E-state index contributed by atoms with van der Waals surface area (Å²) >= 11 is 0. The van der Waals surface area contributed by atoms with Crippen LogP contribution in [0.1, 0.15) is 45.6 Å². The summed E-state index contributed by atoms with van der Waals surface area (Å²) in [7, 11) is 7.40. The number of anilines is 2.